The van der Waals surface area contributed by atoms with E-state index in [1.807, 2.05) is 0 Å². The first-order valence-corrected chi connectivity index (χ1v) is 3.37. The minimum Gasteiger partial charge on any atom is -0.450 e. The first-order valence-electron chi connectivity index (χ1n) is 3.37. The van der Waals surface area contributed by atoms with E-state index >= 15 is 0 Å². The summed E-state index contributed by atoms with van der Waals surface area (Å²) < 4.78 is 4.87. The zero-order chi connectivity index (χ0) is 8.91. The fourth-order valence-electron chi connectivity index (χ4n) is 0.427. The van der Waals surface area contributed by atoms with Crippen molar-refractivity contribution in [1.29, 1.82) is 0 Å². The van der Waals surface area contributed by atoms with Crippen LogP contribution in [-0.4, -0.2) is 18.1 Å². The molecular formula is C8H13NO2. The van der Waals surface area contributed by atoms with Gasteiger partial charge >= 0.3 is 5.97 Å². The van der Waals surface area contributed by atoms with Gasteiger partial charge in [-0.25, -0.2) is 4.79 Å². The summed E-state index contributed by atoms with van der Waals surface area (Å²) >= 11 is 0. The molecule has 0 rings (SSSR count). The molecule has 0 bridgehead atoms. The second-order valence-electron chi connectivity index (χ2n) is 3.01. The Morgan fingerprint density at radius 2 is 2.09 bits per heavy atom. The van der Waals surface area contributed by atoms with Crippen molar-refractivity contribution in [3.05, 3.63) is 0 Å². The molecule has 3 nitrogen and oxygen atoms in total. The maximum atomic E-state index is 10.8. The summed E-state index contributed by atoms with van der Waals surface area (Å²) in [4.78, 5) is 10.8. The van der Waals surface area contributed by atoms with E-state index in [1.54, 1.807) is 20.8 Å². The van der Waals surface area contributed by atoms with Crippen molar-refractivity contribution in [2.75, 3.05) is 6.54 Å². The van der Waals surface area contributed by atoms with E-state index in [-0.39, 0.29) is 6.54 Å². The van der Waals surface area contributed by atoms with Crippen molar-refractivity contribution < 1.29 is 9.53 Å². The Labute approximate surface area is 66.9 Å². The number of nitrogens with two attached hydrogens (primary N) is 1. The zero-order valence-electron chi connectivity index (χ0n) is 7.10. The lowest BCUT2D eigenvalue weighted by Gasteiger charge is -2.16. The third-order valence-corrected chi connectivity index (χ3v) is 0.691. The van der Waals surface area contributed by atoms with Crippen LogP contribution in [0.4, 0.5) is 0 Å². The lowest BCUT2D eigenvalue weighted by atomic mass is 10.2. The van der Waals surface area contributed by atoms with Crippen LogP contribution in [0.5, 0.6) is 0 Å². The van der Waals surface area contributed by atoms with Crippen molar-refractivity contribution in [2.24, 2.45) is 5.73 Å². The molecule has 0 aliphatic heterocycles. The largest absolute Gasteiger partial charge is 0.450 e. The molecule has 0 saturated carbocycles. The van der Waals surface area contributed by atoms with Crippen LogP contribution in [0.1, 0.15) is 20.8 Å². The number of rotatable bonds is 0. The van der Waals surface area contributed by atoms with E-state index in [2.05, 4.69) is 11.8 Å². The highest BCUT2D eigenvalue weighted by atomic mass is 16.6. The Hall–Kier alpha value is -1.01. The molecule has 0 unspecified atom stereocenters. The average molecular weight is 155 g/mol. The van der Waals surface area contributed by atoms with Crippen molar-refractivity contribution >= 4 is 5.97 Å². The molecule has 0 atom stereocenters. The van der Waals surface area contributed by atoms with Gasteiger partial charge in [-0.2, -0.15) is 0 Å². The number of hydrogen-bond acceptors (Lipinski definition) is 3. The van der Waals surface area contributed by atoms with E-state index < -0.39 is 11.6 Å². The van der Waals surface area contributed by atoms with E-state index in [4.69, 9.17) is 10.5 Å². The second kappa shape index (κ2) is 3.99. The standard InChI is InChI=1S/C8H13NO2/c1-8(2,3)11-7(10)5-4-6-9/h6,9H2,1-3H3. The predicted octanol–water partition coefficient (Wildman–Crippen LogP) is 0.290. The lowest BCUT2D eigenvalue weighted by molar-refractivity contribution is -0.147. The molecule has 2 N–H and O–H groups in total. The Kier molecular flexibility index (Phi) is 3.63. The lowest BCUT2D eigenvalue weighted by Crippen LogP contribution is -2.22. The van der Waals surface area contributed by atoms with Gasteiger partial charge < -0.3 is 10.5 Å². The molecule has 0 aromatic carbocycles. The minimum atomic E-state index is -0.525. The topological polar surface area (TPSA) is 52.3 Å². The van der Waals surface area contributed by atoms with Crippen LogP contribution in [-0.2, 0) is 9.53 Å². The highest BCUT2D eigenvalue weighted by Crippen LogP contribution is 2.05. The first-order chi connectivity index (χ1) is 4.95. The zero-order valence-corrected chi connectivity index (χ0v) is 7.10. The molecule has 0 spiro atoms. The highest BCUT2D eigenvalue weighted by molar-refractivity contribution is 5.88. The summed E-state index contributed by atoms with van der Waals surface area (Å²) in [5, 5.41) is 0. The number of carbonyl (C=O) groups is 1. The Balaban J connectivity index is 3.89. The van der Waals surface area contributed by atoms with Crippen molar-refractivity contribution in [1.82, 2.24) is 0 Å². The Morgan fingerprint density at radius 1 is 1.55 bits per heavy atom. The van der Waals surface area contributed by atoms with Gasteiger partial charge in [0.15, 0.2) is 0 Å². The van der Waals surface area contributed by atoms with Gasteiger partial charge in [0.2, 0.25) is 0 Å². The second-order valence-corrected chi connectivity index (χ2v) is 3.01. The van der Waals surface area contributed by atoms with E-state index in [9.17, 15) is 4.79 Å². The monoisotopic (exact) mass is 155 g/mol. The Bertz CT molecular complexity index is 192. The van der Waals surface area contributed by atoms with Gasteiger partial charge in [-0.1, -0.05) is 5.92 Å². The van der Waals surface area contributed by atoms with Gasteiger partial charge in [0.25, 0.3) is 0 Å². The van der Waals surface area contributed by atoms with Crippen molar-refractivity contribution in [3.63, 3.8) is 0 Å². The molecule has 0 aliphatic carbocycles. The summed E-state index contributed by atoms with van der Waals surface area (Å²) in [5.74, 6) is 4.15. The van der Waals surface area contributed by atoms with Crippen molar-refractivity contribution in [3.8, 4) is 11.8 Å². The highest BCUT2D eigenvalue weighted by Gasteiger charge is 2.13. The van der Waals surface area contributed by atoms with Gasteiger partial charge in [-0.15, -0.1) is 0 Å². The summed E-state index contributed by atoms with van der Waals surface area (Å²) in [6.07, 6.45) is 0. The third kappa shape index (κ3) is 6.88. The maximum absolute atomic E-state index is 10.8. The van der Waals surface area contributed by atoms with Gasteiger partial charge in [-0.05, 0) is 20.8 Å². The number of ether oxygens (including phenoxy) is 1. The molecule has 0 fully saturated rings. The fraction of sp³-hybridized carbons (Fsp3) is 0.625. The van der Waals surface area contributed by atoms with Crippen LogP contribution in [0.15, 0.2) is 0 Å². The van der Waals surface area contributed by atoms with E-state index in [1.165, 1.54) is 0 Å². The predicted molar refractivity (Wildman–Crippen MR) is 42.7 cm³/mol. The van der Waals surface area contributed by atoms with Gasteiger partial charge in [0.05, 0.1) is 6.54 Å². The maximum Gasteiger partial charge on any atom is 0.384 e. The normalized spacial score (nSPS) is 9.82. The van der Waals surface area contributed by atoms with Gasteiger partial charge in [0.1, 0.15) is 5.60 Å². The quantitative estimate of drug-likeness (QED) is 0.311. The summed E-state index contributed by atoms with van der Waals surface area (Å²) in [5.41, 5.74) is 4.59. The minimum absolute atomic E-state index is 0.180. The third-order valence-electron chi connectivity index (χ3n) is 0.691. The number of esters is 1. The van der Waals surface area contributed by atoms with Crippen LogP contribution >= 0.6 is 0 Å². The molecular weight excluding hydrogens is 142 g/mol. The molecule has 0 aromatic rings. The SMILES string of the molecule is CC(C)(C)OC(=O)C#CCN. The molecule has 0 aliphatic rings. The van der Waals surface area contributed by atoms with E-state index in [0.29, 0.717) is 0 Å². The smallest absolute Gasteiger partial charge is 0.384 e. The van der Waals surface area contributed by atoms with Crippen LogP contribution in [0.3, 0.4) is 0 Å². The van der Waals surface area contributed by atoms with Gasteiger partial charge in [-0.3, -0.25) is 0 Å². The molecule has 0 radical (unpaired) electrons. The van der Waals surface area contributed by atoms with E-state index in [0.717, 1.165) is 0 Å². The van der Waals surface area contributed by atoms with Crippen molar-refractivity contribution in [2.45, 2.75) is 26.4 Å². The summed E-state index contributed by atoms with van der Waals surface area (Å²) in [7, 11) is 0. The number of carbonyl (C=O) groups excluding carboxylic acids is 1. The first kappa shape index (κ1) is 9.99. The summed E-state index contributed by atoms with van der Waals surface area (Å²) in [6, 6.07) is 0. The van der Waals surface area contributed by atoms with Crippen LogP contribution in [0.25, 0.3) is 0 Å². The molecule has 0 amide bonds. The molecule has 3 heteroatoms. The Morgan fingerprint density at radius 3 is 2.45 bits per heavy atom. The average Bonchev–Trinajstić information content (AvgIpc) is 1.79. The fourth-order valence-corrected chi connectivity index (χ4v) is 0.427. The van der Waals surface area contributed by atoms with Crippen LogP contribution in [0, 0.1) is 11.8 Å². The van der Waals surface area contributed by atoms with Gasteiger partial charge in [0, 0.05) is 5.92 Å². The molecule has 62 valence electrons. The molecule has 0 heterocycles. The summed E-state index contributed by atoms with van der Waals surface area (Å²) in [6.45, 7) is 5.54. The molecule has 11 heavy (non-hydrogen) atoms. The van der Waals surface area contributed by atoms with Crippen LogP contribution < -0.4 is 5.73 Å². The van der Waals surface area contributed by atoms with Crippen LogP contribution in [0.2, 0.25) is 0 Å². The molecule has 0 aromatic heterocycles. The number of hydrogen-bond donors (Lipinski definition) is 1. The molecule has 0 saturated heterocycles.